The fourth-order valence-corrected chi connectivity index (χ4v) is 2.46. The molecule has 19 heavy (non-hydrogen) atoms. The van der Waals surface area contributed by atoms with Gasteiger partial charge in [0, 0.05) is 0 Å². The molecule has 0 unspecified atom stereocenters. The molecule has 0 aliphatic heterocycles. The Balaban J connectivity index is 2.33. The molecular formula is C12H10F2N2O2S. The zero-order chi connectivity index (χ0) is 14.0. The molecule has 0 aliphatic rings. The van der Waals surface area contributed by atoms with E-state index in [4.69, 9.17) is 0 Å². The summed E-state index contributed by atoms with van der Waals surface area (Å²) in [5, 5.41) is 0. The van der Waals surface area contributed by atoms with Gasteiger partial charge in [-0.3, -0.25) is 4.72 Å². The second kappa shape index (κ2) is 4.93. The van der Waals surface area contributed by atoms with Crippen LogP contribution in [-0.4, -0.2) is 13.4 Å². The van der Waals surface area contributed by atoms with E-state index < -0.39 is 27.6 Å². The number of aromatic nitrogens is 1. The van der Waals surface area contributed by atoms with Crippen LogP contribution >= 0.6 is 0 Å². The lowest BCUT2D eigenvalue weighted by Gasteiger charge is -2.08. The Kier molecular flexibility index (Phi) is 3.48. The van der Waals surface area contributed by atoms with Crippen molar-refractivity contribution in [2.75, 3.05) is 4.72 Å². The van der Waals surface area contributed by atoms with Crippen molar-refractivity contribution in [3.05, 3.63) is 53.9 Å². The molecule has 0 bridgehead atoms. The van der Waals surface area contributed by atoms with Crippen LogP contribution in [0.4, 0.5) is 14.5 Å². The molecule has 1 heterocycles. The summed E-state index contributed by atoms with van der Waals surface area (Å²) in [4.78, 5) is 2.89. The molecule has 0 aliphatic carbocycles. The van der Waals surface area contributed by atoms with Crippen LogP contribution in [0.1, 0.15) is 5.56 Å². The summed E-state index contributed by atoms with van der Waals surface area (Å²) in [5.41, 5.74) is 0.496. The molecule has 0 radical (unpaired) electrons. The molecule has 7 heteroatoms. The summed E-state index contributed by atoms with van der Waals surface area (Å²) in [7, 11) is -3.92. The monoisotopic (exact) mass is 284 g/mol. The normalized spacial score (nSPS) is 11.3. The van der Waals surface area contributed by atoms with Gasteiger partial charge < -0.3 is 0 Å². The molecule has 2 rings (SSSR count). The summed E-state index contributed by atoms with van der Waals surface area (Å²) >= 11 is 0. The molecule has 4 nitrogen and oxygen atoms in total. The van der Waals surface area contributed by atoms with Crippen LogP contribution in [0.25, 0.3) is 0 Å². The molecule has 0 saturated heterocycles. The maximum atomic E-state index is 13.3. The fraction of sp³-hybridized carbons (Fsp3) is 0.0833. The van der Waals surface area contributed by atoms with Gasteiger partial charge in [0.1, 0.15) is 5.69 Å². The number of nitrogens with zero attached hydrogens (tertiary/aromatic N) is 1. The van der Waals surface area contributed by atoms with E-state index in [1.165, 1.54) is 12.1 Å². The van der Waals surface area contributed by atoms with Crippen molar-refractivity contribution in [2.45, 2.75) is 11.8 Å². The zero-order valence-corrected chi connectivity index (χ0v) is 10.7. The molecule has 2 aromatic rings. The van der Waals surface area contributed by atoms with Gasteiger partial charge in [-0.2, -0.15) is 13.8 Å². The maximum absolute atomic E-state index is 13.3. The summed E-state index contributed by atoms with van der Waals surface area (Å²) in [5.74, 6) is -2.23. The predicted octanol–water partition coefficient (Wildman–Crippen LogP) is 2.47. The van der Waals surface area contributed by atoms with Crippen molar-refractivity contribution in [2.24, 2.45) is 0 Å². The van der Waals surface area contributed by atoms with Crippen molar-refractivity contribution in [3.63, 3.8) is 0 Å². The van der Waals surface area contributed by atoms with E-state index in [0.717, 1.165) is 17.7 Å². The van der Waals surface area contributed by atoms with Crippen molar-refractivity contribution in [1.82, 2.24) is 4.98 Å². The SMILES string of the molecule is Cc1ccc(S(=O)(=O)Nc2ccc(F)nc2F)cc1. The van der Waals surface area contributed by atoms with Crippen LogP contribution in [0.15, 0.2) is 41.3 Å². The lowest BCUT2D eigenvalue weighted by atomic mass is 10.2. The molecule has 0 amide bonds. The van der Waals surface area contributed by atoms with E-state index in [0.29, 0.717) is 0 Å². The molecule has 0 saturated carbocycles. The standard InChI is InChI=1S/C12H10F2N2O2S/c1-8-2-4-9(5-3-8)19(17,18)16-10-6-7-11(13)15-12(10)14/h2-7,16H,1H3. The highest BCUT2D eigenvalue weighted by molar-refractivity contribution is 7.92. The van der Waals surface area contributed by atoms with E-state index in [2.05, 4.69) is 4.98 Å². The second-order valence-corrected chi connectivity index (χ2v) is 5.57. The summed E-state index contributed by atoms with van der Waals surface area (Å²) in [6.07, 6.45) is 0. The average Bonchev–Trinajstić information content (AvgIpc) is 2.33. The Labute approximate surface area is 109 Å². The number of nitrogens with one attached hydrogen (secondary N) is 1. The van der Waals surface area contributed by atoms with Crippen LogP contribution in [0.2, 0.25) is 0 Å². The smallest absolute Gasteiger partial charge is 0.262 e. The molecular weight excluding hydrogens is 274 g/mol. The third-order valence-corrected chi connectivity index (χ3v) is 3.77. The van der Waals surface area contributed by atoms with Gasteiger partial charge in [0.2, 0.25) is 11.9 Å². The minimum Gasteiger partial charge on any atom is -0.275 e. The average molecular weight is 284 g/mol. The lowest BCUT2D eigenvalue weighted by molar-refractivity contribution is 0.515. The van der Waals surface area contributed by atoms with Gasteiger partial charge in [0.15, 0.2) is 0 Å². The molecule has 1 aromatic heterocycles. The van der Waals surface area contributed by atoms with Crippen LogP contribution in [-0.2, 0) is 10.0 Å². The van der Waals surface area contributed by atoms with Crippen LogP contribution in [0.3, 0.4) is 0 Å². The van der Waals surface area contributed by atoms with Gasteiger partial charge in [-0.05, 0) is 31.2 Å². The number of halogens is 2. The van der Waals surface area contributed by atoms with Crippen molar-refractivity contribution >= 4 is 15.7 Å². The first kappa shape index (κ1) is 13.4. The zero-order valence-electron chi connectivity index (χ0n) is 9.89. The minimum absolute atomic E-state index is 0.0122. The predicted molar refractivity (Wildman–Crippen MR) is 66.1 cm³/mol. The topological polar surface area (TPSA) is 59.1 Å². The van der Waals surface area contributed by atoms with Gasteiger partial charge in [-0.15, -0.1) is 0 Å². The van der Waals surface area contributed by atoms with Gasteiger partial charge in [-0.25, -0.2) is 8.42 Å². The third-order valence-electron chi connectivity index (χ3n) is 2.39. The summed E-state index contributed by atoms with van der Waals surface area (Å²) in [6, 6.07) is 7.88. The number of hydrogen-bond donors (Lipinski definition) is 1. The number of benzene rings is 1. The van der Waals surface area contributed by atoms with Gasteiger partial charge >= 0.3 is 0 Å². The largest absolute Gasteiger partial charge is 0.275 e. The van der Waals surface area contributed by atoms with Gasteiger partial charge in [0.05, 0.1) is 4.90 Å². The highest BCUT2D eigenvalue weighted by atomic mass is 32.2. The van der Waals surface area contributed by atoms with E-state index in [-0.39, 0.29) is 4.90 Å². The Morgan fingerprint density at radius 1 is 1.05 bits per heavy atom. The van der Waals surface area contributed by atoms with E-state index in [1.807, 2.05) is 11.6 Å². The number of pyridine rings is 1. The highest BCUT2D eigenvalue weighted by Gasteiger charge is 2.16. The maximum Gasteiger partial charge on any atom is 0.262 e. The van der Waals surface area contributed by atoms with Crippen LogP contribution < -0.4 is 4.72 Å². The Bertz CT molecular complexity index is 700. The number of aryl methyl sites for hydroxylation is 1. The second-order valence-electron chi connectivity index (χ2n) is 3.89. The van der Waals surface area contributed by atoms with Crippen LogP contribution in [0.5, 0.6) is 0 Å². The van der Waals surface area contributed by atoms with E-state index >= 15 is 0 Å². The highest BCUT2D eigenvalue weighted by Crippen LogP contribution is 2.18. The molecule has 100 valence electrons. The molecule has 0 atom stereocenters. The molecule has 0 fully saturated rings. The Hall–Kier alpha value is -2.02. The lowest BCUT2D eigenvalue weighted by Crippen LogP contribution is -2.14. The van der Waals surface area contributed by atoms with Crippen molar-refractivity contribution in [3.8, 4) is 0 Å². The van der Waals surface area contributed by atoms with E-state index in [1.54, 1.807) is 12.1 Å². The number of anilines is 1. The molecule has 1 aromatic carbocycles. The molecule has 1 N–H and O–H groups in total. The fourth-order valence-electron chi connectivity index (χ4n) is 1.41. The van der Waals surface area contributed by atoms with Gasteiger partial charge in [0.25, 0.3) is 10.0 Å². The third kappa shape index (κ3) is 3.05. The van der Waals surface area contributed by atoms with Crippen molar-refractivity contribution < 1.29 is 17.2 Å². The number of rotatable bonds is 3. The minimum atomic E-state index is -3.92. The van der Waals surface area contributed by atoms with Crippen molar-refractivity contribution in [1.29, 1.82) is 0 Å². The first-order valence-corrected chi connectivity index (χ1v) is 6.78. The Morgan fingerprint density at radius 3 is 2.26 bits per heavy atom. The van der Waals surface area contributed by atoms with E-state index in [9.17, 15) is 17.2 Å². The van der Waals surface area contributed by atoms with Crippen LogP contribution in [0, 0.1) is 18.8 Å². The first-order valence-electron chi connectivity index (χ1n) is 5.30. The van der Waals surface area contributed by atoms with Gasteiger partial charge in [-0.1, -0.05) is 17.7 Å². The number of sulfonamides is 1. The first-order chi connectivity index (χ1) is 8.88. The number of hydrogen-bond acceptors (Lipinski definition) is 3. The summed E-state index contributed by atoms with van der Waals surface area (Å²) < 4.78 is 51.8. The Morgan fingerprint density at radius 2 is 1.68 bits per heavy atom. The summed E-state index contributed by atoms with van der Waals surface area (Å²) in [6.45, 7) is 1.81. The quantitative estimate of drug-likeness (QED) is 0.881. The molecule has 0 spiro atoms.